The van der Waals surface area contributed by atoms with Gasteiger partial charge in [-0.25, -0.2) is 0 Å². The van der Waals surface area contributed by atoms with E-state index in [1.807, 2.05) is 25.1 Å². The van der Waals surface area contributed by atoms with E-state index in [9.17, 15) is 4.79 Å². The van der Waals surface area contributed by atoms with Crippen molar-refractivity contribution in [1.82, 2.24) is 9.88 Å². The summed E-state index contributed by atoms with van der Waals surface area (Å²) in [6.45, 7) is 2.69. The number of pyridine rings is 1. The first kappa shape index (κ1) is 13.6. The molecule has 1 rings (SSSR count). The van der Waals surface area contributed by atoms with Crippen molar-refractivity contribution in [3.05, 3.63) is 30.1 Å². The molecule has 0 aromatic carbocycles. The van der Waals surface area contributed by atoms with E-state index in [1.165, 1.54) is 0 Å². The first-order chi connectivity index (χ1) is 8.15. The van der Waals surface area contributed by atoms with Crippen molar-refractivity contribution in [2.45, 2.75) is 32.2 Å². The van der Waals surface area contributed by atoms with Gasteiger partial charge in [-0.3, -0.25) is 9.78 Å². The van der Waals surface area contributed by atoms with Gasteiger partial charge in [0, 0.05) is 31.9 Å². The molecule has 1 heterocycles. The molecule has 0 fully saturated rings. The highest BCUT2D eigenvalue weighted by molar-refractivity contribution is 5.81. The fourth-order valence-corrected chi connectivity index (χ4v) is 1.66. The predicted octanol–water partition coefficient (Wildman–Crippen LogP) is 1.21. The van der Waals surface area contributed by atoms with Gasteiger partial charge in [0.2, 0.25) is 5.91 Å². The lowest BCUT2D eigenvalue weighted by Gasteiger charge is -2.20. The zero-order valence-corrected chi connectivity index (χ0v) is 10.6. The first-order valence-electron chi connectivity index (χ1n) is 6.05. The number of likely N-dealkylation sites (N-methyl/N-ethyl adjacent to an activating group) is 1. The third-order valence-electron chi connectivity index (χ3n) is 2.72. The van der Waals surface area contributed by atoms with Crippen LogP contribution in [0, 0.1) is 0 Å². The molecule has 4 nitrogen and oxygen atoms in total. The van der Waals surface area contributed by atoms with E-state index in [4.69, 9.17) is 5.73 Å². The second-order valence-corrected chi connectivity index (χ2v) is 4.23. The van der Waals surface area contributed by atoms with Crippen LogP contribution in [0.15, 0.2) is 24.4 Å². The van der Waals surface area contributed by atoms with Gasteiger partial charge in [-0.2, -0.15) is 0 Å². The summed E-state index contributed by atoms with van der Waals surface area (Å²) >= 11 is 0. The topological polar surface area (TPSA) is 59.2 Å². The number of carbonyl (C=O) groups excluding carboxylic acids is 1. The van der Waals surface area contributed by atoms with Gasteiger partial charge in [-0.1, -0.05) is 19.4 Å². The van der Waals surface area contributed by atoms with Gasteiger partial charge in [0.1, 0.15) is 0 Å². The fraction of sp³-hybridized carbons (Fsp3) is 0.538. The Labute approximate surface area is 103 Å². The average molecular weight is 235 g/mol. The highest BCUT2D eigenvalue weighted by Gasteiger charge is 2.16. The van der Waals surface area contributed by atoms with Gasteiger partial charge in [-0.05, 0) is 18.6 Å². The summed E-state index contributed by atoms with van der Waals surface area (Å²) in [5.74, 6) is 0.0165. The smallest absolute Gasteiger partial charge is 0.239 e. The van der Waals surface area contributed by atoms with Gasteiger partial charge in [-0.15, -0.1) is 0 Å². The van der Waals surface area contributed by atoms with Gasteiger partial charge in [0.15, 0.2) is 0 Å². The zero-order chi connectivity index (χ0) is 12.7. The Morgan fingerprint density at radius 3 is 2.88 bits per heavy atom. The predicted molar refractivity (Wildman–Crippen MR) is 68.5 cm³/mol. The number of nitrogens with zero attached hydrogens (tertiary/aromatic N) is 2. The Balaban J connectivity index is 2.39. The van der Waals surface area contributed by atoms with Crippen LogP contribution in [0.4, 0.5) is 0 Å². The van der Waals surface area contributed by atoms with Crippen molar-refractivity contribution in [2.75, 3.05) is 13.6 Å². The van der Waals surface area contributed by atoms with E-state index >= 15 is 0 Å². The number of amides is 1. The molecule has 1 amide bonds. The largest absolute Gasteiger partial charge is 0.344 e. The minimum atomic E-state index is -0.367. The quantitative estimate of drug-likeness (QED) is 0.806. The van der Waals surface area contributed by atoms with E-state index in [0.29, 0.717) is 6.54 Å². The molecule has 0 aliphatic carbocycles. The molecule has 1 aromatic heterocycles. The van der Waals surface area contributed by atoms with Gasteiger partial charge in [0.25, 0.3) is 0 Å². The molecule has 0 saturated carbocycles. The highest BCUT2D eigenvalue weighted by atomic mass is 16.2. The third-order valence-corrected chi connectivity index (χ3v) is 2.72. The molecular formula is C13H21N3O. The molecule has 4 heteroatoms. The van der Waals surface area contributed by atoms with Crippen LogP contribution in [-0.4, -0.2) is 35.4 Å². The molecule has 0 saturated heterocycles. The number of carbonyl (C=O) groups is 1. The summed E-state index contributed by atoms with van der Waals surface area (Å²) in [6, 6.07) is 5.43. The van der Waals surface area contributed by atoms with E-state index < -0.39 is 0 Å². The van der Waals surface area contributed by atoms with Gasteiger partial charge in [0.05, 0.1) is 6.04 Å². The second-order valence-electron chi connectivity index (χ2n) is 4.23. The van der Waals surface area contributed by atoms with Crippen LogP contribution in [0.3, 0.4) is 0 Å². The SMILES string of the molecule is CCC[C@H](N)C(=O)N(C)CCc1ccccn1. The first-order valence-corrected chi connectivity index (χ1v) is 6.05. The number of hydrogen-bond acceptors (Lipinski definition) is 3. The summed E-state index contributed by atoms with van der Waals surface area (Å²) in [4.78, 5) is 17.7. The lowest BCUT2D eigenvalue weighted by molar-refractivity contribution is -0.131. The second kappa shape index (κ2) is 7.01. The minimum absolute atomic E-state index is 0.0165. The van der Waals surface area contributed by atoms with Crippen LogP contribution in [0.25, 0.3) is 0 Å². The maximum atomic E-state index is 11.8. The Kier molecular flexibility index (Phi) is 5.63. The molecule has 1 aromatic rings. The molecule has 0 radical (unpaired) electrons. The van der Waals surface area contributed by atoms with Crippen molar-refractivity contribution in [2.24, 2.45) is 5.73 Å². The van der Waals surface area contributed by atoms with Crippen molar-refractivity contribution in [1.29, 1.82) is 0 Å². The number of hydrogen-bond donors (Lipinski definition) is 1. The Morgan fingerprint density at radius 1 is 1.53 bits per heavy atom. The van der Waals surface area contributed by atoms with Crippen LogP contribution >= 0.6 is 0 Å². The Hall–Kier alpha value is -1.42. The summed E-state index contributed by atoms with van der Waals surface area (Å²) in [5.41, 5.74) is 6.79. The summed E-state index contributed by atoms with van der Waals surface area (Å²) in [6.07, 6.45) is 4.20. The van der Waals surface area contributed by atoms with E-state index in [-0.39, 0.29) is 11.9 Å². The van der Waals surface area contributed by atoms with E-state index in [2.05, 4.69) is 4.98 Å². The molecule has 94 valence electrons. The standard InChI is InChI=1S/C13H21N3O/c1-3-6-12(14)13(17)16(2)10-8-11-7-4-5-9-15-11/h4-5,7,9,12H,3,6,8,10,14H2,1-2H3/t12-/m0/s1. The molecular weight excluding hydrogens is 214 g/mol. The Bertz CT molecular complexity index is 340. The van der Waals surface area contributed by atoms with Crippen molar-refractivity contribution >= 4 is 5.91 Å². The Morgan fingerprint density at radius 2 is 2.29 bits per heavy atom. The monoisotopic (exact) mass is 235 g/mol. The molecule has 0 unspecified atom stereocenters. The number of nitrogens with two attached hydrogens (primary N) is 1. The van der Waals surface area contributed by atoms with Crippen molar-refractivity contribution < 1.29 is 4.79 Å². The maximum absolute atomic E-state index is 11.8. The van der Waals surface area contributed by atoms with Crippen LogP contribution in [0.2, 0.25) is 0 Å². The lowest BCUT2D eigenvalue weighted by atomic mass is 10.1. The lowest BCUT2D eigenvalue weighted by Crippen LogP contribution is -2.42. The van der Waals surface area contributed by atoms with Gasteiger partial charge >= 0.3 is 0 Å². The van der Waals surface area contributed by atoms with Crippen LogP contribution < -0.4 is 5.73 Å². The van der Waals surface area contributed by atoms with Crippen LogP contribution in [-0.2, 0) is 11.2 Å². The number of aromatic nitrogens is 1. The molecule has 0 bridgehead atoms. The zero-order valence-electron chi connectivity index (χ0n) is 10.6. The molecule has 2 N–H and O–H groups in total. The van der Waals surface area contributed by atoms with Crippen molar-refractivity contribution in [3.63, 3.8) is 0 Å². The summed E-state index contributed by atoms with van der Waals surface area (Å²) < 4.78 is 0. The molecule has 0 aliphatic rings. The normalized spacial score (nSPS) is 12.2. The summed E-state index contributed by atoms with van der Waals surface area (Å²) in [7, 11) is 1.79. The fourth-order valence-electron chi connectivity index (χ4n) is 1.66. The highest BCUT2D eigenvalue weighted by Crippen LogP contribution is 2.01. The molecule has 0 spiro atoms. The average Bonchev–Trinajstić information content (AvgIpc) is 2.36. The third kappa shape index (κ3) is 4.53. The number of rotatable bonds is 6. The molecule has 17 heavy (non-hydrogen) atoms. The van der Waals surface area contributed by atoms with Crippen LogP contribution in [0.5, 0.6) is 0 Å². The minimum Gasteiger partial charge on any atom is -0.344 e. The maximum Gasteiger partial charge on any atom is 0.239 e. The van der Waals surface area contributed by atoms with Gasteiger partial charge < -0.3 is 10.6 Å². The molecule has 0 aliphatic heterocycles. The van der Waals surface area contributed by atoms with Crippen LogP contribution in [0.1, 0.15) is 25.5 Å². The van der Waals surface area contributed by atoms with E-state index in [0.717, 1.165) is 25.0 Å². The molecule has 1 atom stereocenters. The van der Waals surface area contributed by atoms with E-state index in [1.54, 1.807) is 18.1 Å². The van der Waals surface area contributed by atoms with Crippen molar-refractivity contribution in [3.8, 4) is 0 Å². The summed E-state index contributed by atoms with van der Waals surface area (Å²) in [5, 5.41) is 0.